The number of carbonyl (C=O) groups is 1. The molecule has 2 aromatic rings. The highest BCUT2D eigenvalue weighted by Gasteiger charge is 2.40. The van der Waals surface area contributed by atoms with Crippen LogP contribution < -0.4 is 0 Å². The molecule has 0 bridgehead atoms. The quantitative estimate of drug-likeness (QED) is 0.862. The Hall–Kier alpha value is -2.00. The number of benzene rings is 1. The largest absolute Gasteiger partial charge is 0.379 e. The number of ketones is 1. The molecule has 0 amide bonds. The van der Waals surface area contributed by atoms with Crippen molar-refractivity contribution >= 4 is 22.8 Å². The number of hydrogen-bond acceptors (Lipinski definition) is 3. The zero-order valence-corrected chi connectivity index (χ0v) is 12.4. The predicted molar refractivity (Wildman–Crippen MR) is 84.1 cm³/mol. The number of pyridine rings is 1. The van der Waals surface area contributed by atoms with E-state index in [9.17, 15) is 4.79 Å². The molecule has 1 aromatic carbocycles. The first-order valence-electron chi connectivity index (χ1n) is 7.31. The van der Waals surface area contributed by atoms with Crippen LogP contribution in [0.3, 0.4) is 0 Å². The molecule has 1 aliphatic rings. The van der Waals surface area contributed by atoms with Gasteiger partial charge < -0.3 is 4.74 Å². The Morgan fingerprint density at radius 1 is 1.33 bits per heavy atom. The Balaban J connectivity index is 1.92. The Kier molecular flexibility index (Phi) is 3.60. The minimum atomic E-state index is -0.423. The molecule has 3 nitrogen and oxygen atoms in total. The van der Waals surface area contributed by atoms with Gasteiger partial charge in [-0.05, 0) is 31.0 Å². The van der Waals surface area contributed by atoms with E-state index >= 15 is 0 Å². The van der Waals surface area contributed by atoms with Crippen LogP contribution in [0.2, 0.25) is 0 Å². The Bertz CT molecular complexity index is 714. The van der Waals surface area contributed by atoms with Gasteiger partial charge in [0.1, 0.15) is 5.78 Å². The lowest BCUT2D eigenvalue weighted by atomic mass is 9.81. The summed E-state index contributed by atoms with van der Waals surface area (Å²) in [6, 6.07) is 10.4. The average molecular weight is 281 g/mol. The van der Waals surface area contributed by atoms with Crippen LogP contribution in [0.1, 0.15) is 25.1 Å². The first-order valence-corrected chi connectivity index (χ1v) is 7.31. The minimum absolute atomic E-state index is 0.164. The summed E-state index contributed by atoms with van der Waals surface area (Å²) in [5.41, 5.74) is 2.73. The number of hydrogen-bond donors (Lipinski definition) is 0. The third kappa shape index (κ3) is 2.61. The summed E-state index contributed by atoms with van der Waals surface area (Å²) in [4.78, 5) is 16.4. The van der Waals surface area contributed by atoms with Gasteiger partial charge in [0.2, 0.25) is 0 Å². The molecule has 3 rings (SSSR count). The summed E-state index contributed by atoms with van der Waals surface area (Å²) in [7, 11) is 0. The molecule has 2 heterocycles. The van der Waals surface area contributed by atoms with E-state index in [1.165, 1.54) is 0 Å². The third-order valence-corrected chi connectivity index (χ3v) is 4.15. The fraction of sp³-hybridized carbons (Fsp3) is 0.333. The van der Waals surface area contributed by atoms with Gasteiger partial charge >= 0.3 is 0 Å². The smallest absolute Gasteiger partial charge is 0.144 e. The number of Topliss-reactive ketones (excluding diaryl/α,β-unsaturated/α-hetero) is 1. The first-order chi connectivity index (χ1) is 10.1. The maximum absolute atomic E-state index is 11.7. The van der Waals surface area contributed by atoms with Crippen LogP contribution in [0.15, 0.2) is 36.4 Å². The van der Waals surface area contributed by atoms with Crippen molar-refractivity contribution in [3.8, 4) is 0 Å². The van der Waals surface area contributed by atoms with Gasteiger partial charge in [-0.15, -0.1) is 0 Å². The van der Waals surface area contributed by atoms with E-state index in [0.29, 0.717) is 13.2 Å². The highest BCUT2D eigenvalue weighted by atomic mass is 16.5. The molecular formula is C18H19NO2. The van der Waals surface area contributed by atoms with Gasteiger partial charge in [-0.2, -0.15) is 0 Å². The van der Waals surface area contributed by atoms with Crippen LogP contribution >= 0.6 is 0 Å². The molecule has 0 atom stereocenters. The lowest BCUT2D eigenvalue weighted by Crippen LogP contribution is -2.46. The van der Waals surface area contributed by atoms with Crippen LogP contribution in [0, 0.1) is 5.41 Å². The molecule has 21 heavy (non-hydrogen) atoms. The van der Waals surface area contributed by atoms with Crippen molar-refractivity contribution in [2.24, 2.45) is 5.41 Å². The SMILES string of the molecule is CCc1ccc2ccc(C=CC3(C(C)=O)COC3)cc2n1. The zero-order valence-electron chi connectivity index (χ0n) is 12.4. The lowest BCUT2D eigenvalue weighted by Gasteiger charge is -2.36. The van der Waals surface area contributed by atoms with Crippen LogP contribution in [0.5, 0.6) is 0 Å². The van der Waals surface area contributed by atoms with Crippen molar-refractivity contribution < 1.29 is 9.53 Å². The summed E-state index contributed by atoms with van der Waals surface area (Å²) in [5, 5.41) is 1.14. The number of rotatable bonds is 4. The molecule has 3 heteroatoms. The fourth-order valence-corrected chi connectivity index (χ4v) is 2.47. The summed E-state index contributed by atoms with van der Waals surface area (Å²) >= 11 is 0. The van der Waals surface area contributed by atoms with E-state index in [-0.39, 0.29) is 5.78 Å². The van der Waals surface area contributed by atoms with Crippen molar-refractivity contribution in [1.82, 2.24) is 4.98 Å². The summed E-state index contributed by atoms with van der Waals surface area (Å²) in [6.45, 7) is 4.71. The van der Waals surface area contributed by atoms with Gasteiger partial charge in [-0.25, -0.2) is 0 Å². The molecule has 0 N–H and O–H groups in total. The molecule has 0 radical (unpaired) electrons. The Labute approximate surface area is 124 Å². The summed E-state index contributed by atoms with van der Waals surface area (Å²) in [6.07, 6.45) is 4.91. The highest BCUT2D eigenvalue weighted by molar-refractivity contribution is 5.87. The van der Waals surface area contributed by atoms with Gasteiger partial charge in [-0.1, -0.05) is 37.3 Å². The number of ether oxygens (including phenoxy) is 1. The highest BCUT2D eigenvalue weighted by Crippen LogP contribution is 2.31. The molecule has 1 fully saturated rings. The third-order valence-electron chi connectivity index (χ3n) is 4.15. The van der Waals surface area contributed by atoms with Gasteiger partial charge in [0.25, 0.3) is 0 Å². The van der Waals surface area contributed by atoms with Crippen molar-refractivity contribution in [3.63, 3.8) is 0 Å². The monoisotopic (exact) mass is 281 g/mol. The molecule has 1 aliphatic heterocycles. The fourth-order valence-electron chi connectivity index (χ4n) is 2.47. The van der Waals surface area contributed by atoms with Crippen LogP contribution in [0.4, 0.5) is 0 Å². The second-order valence-corrected chi connectivity index (χ2v) is 5.65. The molecule has 0 unspecified atom stereocenters. The van der Waals surface area contributed by atoms with Gasteiger partial charge in [0.15, 0.2) is 0 Å². The number of aryl methyl sites for hydroxylation is 1. The Morgan fingerprint density at radius 3 is 2.71 bits per heavy atom. The maximum atomic E-state index is 11.7. The predicted octanol–water partition coefficient (Wildman–Crippen LogP) is 3.42. The van der Waals surface area contributed by atoms with E-state index in [4.69, 9.17) is 4.74 Å². The van der Waals surface area contributed by atoms with E-state index in [0.717, 1.165) is 28.6 Å². The van der Waals surface area contributed by atoms with Crippen molar-refractivity contribution in [1.29, 1.82) is 0 Å². The van der Waals surface area contributed by atoms with Crippen molar-refractivity contribution in [2.75, 3.05) is 13.2 Å². The normalized spacial score (nSPS) is 17.0. The number of carbonyl (C=O) groups excluding carboxylic acids is 1. The second kappa shape index (κ2) is 5.41. The minimum Gasteiger partial charge on any atom is -0.379 e. The maximum Gasteiger partial charge on any atom is 0.144 e. The summed E-state index contributed by atoms with van der Waals surface area (Å²) in [5.74, 6) is 0.164. The Morgan fingerprint density at radius 2 is 2.10 bits per heavy atom. The van der Waals surface area contributed by atoms with Gasteiger partial charge in [-0.3, -0.25) is 9.78 Å². The molecule has 108 valence electrons. The molecule has 0 spiro atoms. The van der Waals surface area contributed by atoms with Gasteiger partial charge in [0.05, 0.1) is 24.1 Å². The lowest BCUT2D eigenvalue weighted by molar-refractivity contribution is -0.146. The average Bonchev–Trinajstić information content (AvgIpc) is 2.45. The first kappa shape index (κ1) is 14.0. The van der Waals surface area contributed by atoms with Crippen molar-refractivity contribution in [2.45, 2.75) is 20.3 Å². The van der Waals surface area contributed by atoms with E-state index in [1.807, 2.05) is 12.2 Å². The molecule has 1 saturated heterocycles. The molecular weight excluding hydrogens is 262 g/mol. The van der Waals surface area contributed by atoms with Crippen LogP contribution in [0.25, 0.3) is 17.0 Å². The number of fused-ring (bicyclic) bond motifs is 1. The van der Waals surface area contributed by atoms with Gasteiger partial charge in [0, 0.05) is 11.1 Å². The van der Waals surface area contributed by atoms with E-state index < -0.39 is 5.41 Å². The second-order valence-electron chi connectivity index (χ2n) is 5.65. The molecule has 0 aliphatic carbocycles. The van der Waals surface area contributed by atoms with Crippen molar-refractivity contribution in [3.05, 3.63) is 47.7 Å². The van der Waals surface area contributed by atoms with E-state index in [2.05, 4.69) is 42.2 Å². The summed E-state index contributed by atoms with van der Waals surface area (Å²) < 4.78 is 5.20. The molecule has 0 saturated carbocycles. The number of aromatic nitrogens is 1. The molecule has 1 aromatic heterocycles. The van der Waals surface area contributed by atoms with Crippen LogP contribution in [-0.4, -0.2) is 24.0 Å². The van der Waals surface area contributed by atoms with Crippen LogP contribution in [-0.2, 0) is 16.0 Å². The standard InChI is InChI=1S/C18H19NO2/c1-3-16-7-6-15-5-4-14(10-17(15)19-16)8-9-18(13(2)20)11-21-12-18/h4-10H,3,11-12H2,1-2H3. The topological polar surface area (TPSA) is 39.2 Å². The van der Waals surface area contributed by atoms with E-state index in [1.54, 1.807) is 6.92 Å². The zero-order chi connectivity index (χ0) is 14.9. The number of nitrogens with zero attached hydrogens (tertiary/aromatic N) is 1.